The molecule has 2 atom stereocenters. The molecule has 2 heterocycles. The van der Waals surface area contributed by atoms with Gasteiger partial charge in [-0.1, -0.05) is 37.2 Å². The van der Waals surface area contributed by atoms with Crippen molar-refractivity contribution in [2.75, 3.05) is 31.5 Å². The Morgan fingerprint density at radius 2 is 1.81 bits per heavy atom. The van der Waals surface area contributed by atoms with Gasteiger partial charge in [0, 0.05) is 31.9 Å². The molecule has 1 N–H and O–H groups in total. The molecular formula is C22H32N4O4S. The molecule has 3 rings (SSSR count). The van der Waals surface area contributed by atoms with Crippen LogP contribution in [0.4, 0.5) is 5.69 Å². The molecule has 2 aromatic rings. The quantitative estimate of drug-likeness (QED) is 0.699. The zero-order valence-electron chi connectivity index (χ0n) is 18.9. The summed E-state index contributed by atoms with van der Waals surface area (Å²) in [7, 11) is -3.67. The Hall–Kier alpha value is -2.23. The highest BCUT2D eigenvalue weighted by atomic mass is 32.2. The molecule has 9 heteroatoms. The van der Waals surface area contributed by atoms with E-state index in [0.717, 1.165) is 17.7 Å². The van der Waals surface area contributed by atoms with E-state index in [1.807, 2.05) is 36.1 Å². The third-order valence-electron chi connectivity index (χ3n) is 6.13. The van der Waals surface area contributed by atoms with E-state index in [9.17, 15) is 13.2 Å². The molecule has 8 nitrogen and oxygen atoms in total. The number of hydrogen-bond acceptors (Lipinski definition) is 6. The number of sulfonamides is 1. The first-order valence-electron chi connectivity index (χ1n) is 10.7. The van der Waals surface area contributed by atoms with E-state index in [-0.39, 0.29) is 16.8 Å². The number of aryl methyl sites for hydroxylation is 2. The van der Waals surface area contributed by atoms with Gasteiger partial charge in [0.25, 0.3) is 0 Å². The first-order chi connectivity index (χ1) is 14.7. The molecule has 1 aliphatic rings. The minimum atomic E-state index is -3.67. The highest BCUT2D eigenvalue weighted by molar-refractivity contribution is 7.89. The molecule has 1 fully saturated rings. The van der Waals surface area contributed by atoms with Crippen LogP contribution in [0.25, 0.3) is 0 Å². The SMILES string of the molecule is CCC(C)c1ccccc1NC(=O)C(C)N1CCN(S(=O)(=O)c2c(C)noc2C)CC1. The van der Waals surface area contributed by atoms with Gasteiger partial charge in [-0.2, -0.15) is 4.31 Å². The zero-order valence-corrected chi connectivity index (χ0v) is 19.7. The van der Waals surface area contributed by atoms with Crippen molar-refractivity contribution in [3.8, 4) is 0 Å². The van der Waals surface area contributed by atoms with Crippen LogP contribution in [-0.4, -0.2) is 60.9 Å². The fourth-order valence-electron chi connectivity index (χ4n) is 3.97. The largest absolute Gasteiger partial charge is 0.360 e. The second-order valence-corrected chi connectivity index (χ2v) is 10.0. The third kappa shape index (κ3) is 4.83. The molecule has 0 saturated carbocycles. The molecular weight excluding hydrogens is 416 g/mol. The number of benzene rings is 1. The van der Waals surface area contributed by atoms with Crippen LogP contribution in [-0.2, 0) is 14.8 Å². The molecule has 2 unspecified atom stereocenters. The maximum atomic E-state index is 13.0. The van der Waals surface area contributed by atoms with E-state index in [0.29, 0.717) is 43.6 Å². The zero-order chi connectivity index (χ0) is 22.8. The van der Waals surface area contributed by atoms with Crippen LogP contribution in [0, 0.1) is 13.8 Å². The summed E-state index contributed by atoms with van der Waals surface area (Å²) in [5, 5.41) is 6.83. The van der Waals surface area contributed by atoms with Crippen LogP contribution in [0.5, 0.6) is 0 Å². The van der Waals surface area contributed by atoms with Gasteiger partial charge < -0.3 is 9.84 Å². The summed E-state index contributed by atoms with van der Waals surface area (Å²) in [6, 6.07) is 7.52. The van der Waals surface area contributed by atoms with Crippen molar-refractivity contribution in [3.05, 3.63) is 41.3 Å². The summed E-state index contributed by atoms with van der Waals surface area (Å²) in [6.07, 6.45) is 0.990. The summed E-state index contributed by atoms with van der Waals surface area (Å²) in [4.78, 5) is 15.1. The van der Waals surface area contributed by atoms with Gasteiger partial charge >= 0.3 is 0 Å². The molecule has 0 spiro atoms. The Bertz CT molecular complexity index is 1010. The van der Waals surface area contributed by atoms with E-state index in [2.05, 4.69) is 24.3 Å². The van der Waals surface area contributed by atoms with Crippen molar-refractivity contribution >= 4 is 21.6 Å². The normalized spacial score (nSPS) is 18.0. The molecule has 0 bridgehead atoms. The minimum absolute atomic E-state index is 0.0854. The van der Waals surface area contributed by atoms with Crippen molar-refractivity contribution in [1.29, 1.82) is 0 Å². The van der Waals surface area contributed by atoms with Crippen molar-refractivity contribution < 1.29 is 17.7 Å². The van der Waals surface area contributed by atoms with Gasteiger partial charge in [-0.3, -0.25) is 9.69 Å². The summed E-state index contributed by atoms with van der Waals surface area (Å²) in [6.45, 7) is 10.9. The second-order valence-electron chi connectivity index (χ2n) is 8.16. The summed E-state index contributed by atoms with van der Waals surface area (Å²) >= 11 is 0. The molecule has 1 aromatic heterocycles. The highest BCUT2D eigenvalue weighted by Crippen LogP contribution is 2.27. The first kappa shape index (κ1) is 23.4. The number of carbonyl (C=O) groups excluding carboxylic acids is 1. The Kier molecular flexibility index (Phi) is 7.18. The smallest absolute Gasteiger partial charge is 0.248 e. The molecule has 1 amide bonds. The van der Waals surface area contributed by atoms with E-state index >= 15 is 0 Å². The molecule has 1 saturated heterocycles. The van der Waals surface area contributed by atoms with E-state index in [1.165, 1.54) is 4.31 Å². The minimum Gasteiger partial charge on any atom is -0.360 e. The second kappa shape index (κ2) is 9.50. The molecule has 0 aliphatic carbocycles. The van der Waals surface area contributed by atoms with Crippen LogP contribution in [0.3, 0.4) is 0 Å². The lowest BCUT2D eigenvalue weighted by Crippen LogP contribution is -2.54. The lowest BCUT2D eigenvalue weighted by Gasteiger charge is -2.36. The van der Waals surface area contributed by atoms with Gasteiger partial charge in [-0.25, -0.2) is 8.42 Å². The highest BCUT2D eigenvalue weighted by Gasteiger charge is 2.35. The standard InChI is InChI=1S/C22H32N4O4S/c1-6-15(2)19-9-7-8-10-20(19)23-22(27)17(4)25-11-13-26(14-12-25)31(28,29)21-16(3)24-30-18(21)5/h7-10,15,17H,6,11-14H2,1-5H3,(H,23,27). The number of carbonyl (C=O) groups is 1. The monoisotopic (exact) mass is 448 g/mol. The molecule has 31 heavy (non-hydrogen) atoms. The van der Waals surface area contributed by atoms with E-state index in [1.54, 1.807) is 13.8 Å². The molecule has 1 aliphatic heterocycles. The van der Waals surface area contributed by atoms with Crippen molar-refractivity contribution in [2.24, 2.45) is 0 Å². The van der Waals surface area contributed by atoms with Gasteiger partial charge in [-0.05, 0) is 44.7 Å². The average Bonchev–Trinajstić information content (AvgIpc) is 3.11. The molecule has 1 aromatic carbocycles. The van der Waals surface area contributed by atoms with Gasteiger partial charge in [-0.15, -0.1) is 0 Å². The van der Waals surface area contributed by atoms with Crippen LogP contribution < -0.4 is 5.32 Å². The number of para-hydroxylation sites is 1. The lowest BCUT2D eigenvalue weighted by molar-refractivity contribution is -0.121. The van der Waals surface area contributed by atoms with E-state index < -0.39 is 10.0 Å². The number of rotatable bonds is 7. The Morgan fingerprint density at radius 1 is 1.16 bits per heavy atom. The Labute approximate surface area is 184 Å². The number of anilines is 1. The number of piperazine rings is 1. The first-order valence-corrected chi connectivity index (χ1v) is 12.2. The van der Waals surface area contributed by atoms with Gasteiger partial charge in [0.2, 0.25) is 15.9 Å². The van der Waals surface area contributed by atoms with Crippen molar-refractivity contribution in [3.63, 3.8) is 0 Å². The predicted molar refractivity (Wildman–Crippen MR) is 120 cm³/mol. The van der Waals surface area contributed by atoms with E-state index in [4.69, 9.17) is 4.52 Å². The number of amides is 1. The maximum Gasteiger partial charge on any atom is 0.248 e. The van der Waals surface area contributed by atoms with Gasteiger partial charge in [0.15, 0.2) is 5.76 Å². The maximum absolute atomic E-state index is 13.0. The summed E-state index contributed by atoms with van der Waals surface area (Å²) in [5.41, 5.74) is 2.34. The van der Waals surface area contributed by atoms with Crippen LogP contribution in [0.2, 0.25) is 0 Å². The lowest BCUT2D eigenvalue weighted by atomic mass is 9.97. The number of hydrogen-bond donors (Lipinski definition) is 1. The predicted octanol–water partition coefficient (Wildman–Crippen LogP) is 3.14. The van der Waals surface area contributed by atoms with Crippen molar-refractivity contribution in [1.82, 2.24) is 14.4 Å². The topological polar surface area (TPSA) is 95.8 Å². The van der Waals surface area contributed by atoms with Crippen LogP contribution in [0.1, 0.15) is 50.1 Å². The molecule has 0 radical (unpaired) electrons. The average molecular weight is 449 g/mol. The summed E-state index contributed by atoms with van der Waals surface area (Å²) in [5.74, 6) is 0.565. The van der Waals surface area contributed by atoms with Crippen LogP contribution in [0.15, 0.2) is 33.7 Å². The number of nitrogens with zero attached hydrogens (tertiary/aromatic N) is 3. The van der Waals surface area contributed by atoms with Crippen molar-refractivity contribution in [2.45, 2.75) is 57.9 Å². The Morgan fingerprint density at radius 3 is 2.39 bits per heavy atom. The summed E-state index contributed by atoms with van der Waals surface area (Å²) < 4.78 is 32.5. The Balaban J connectivity index is 1.64. The number of aromatic nitrogens is 1. The number of nitrogens with one attached hydrogen (secondary N) is 1. The van der Waals surface area contributed by atoms with Crippen LogP contribution >= 0.6 is 0 Å². The fourth-order valence-corrected chi connectivity index (χ4v) is 5.68. The van der Waals surface area contributed by atoms with Gasteiger partial charge in [0.1, 0.15) is 10.6 Å². The third-order valence-corrected chi connectivity index (χ3v) is 8.27. The fraction of sp³-hybridized carbons (Fsp3) is 0.545. The molecule has 170 valence electrons. The van der Waals surface area contributed by atoms with Gasteiger partial charge in [0.05, 0.1) is 6.04 Å².